The van der Waals surface area contributed by atoms with E-state index in [1.807, 2.05) is 0 Å². The molecule has 1 aromatic carbocycles. The molecule has 0 aliphatic rings. The topological polar surface area (TPSA) is 29.0 Å². The number of hydrogen-bond acceptors (Lipinski definition) is 3. The zero-order valence-electron chi connectivity index (χ0n) is 12.2. The molecular formula is C15H14ClF4N3. The van der Waals surface area contributed by atoms with Crippen LogP contribution in [0, 0.1) is 12.7 Å². The first kappa shape index (κ1) is 17.5. The van der Waals surface area contributed by atoms with Gasteiger partial charge in [-0.15, -0.1) is 0 Å². The molecule has 0 aliphatic heterocycles. The van der Waals surface area contributed by atoms with E-state index in [0.29, 0.717) is 0 Å². The second-order valence-electron chi connectivity index (χ2n) is 5.01. The van der Waals surface area contributed by atoms with E-state index in [2.05, 4.69) is 9.97 Å². The van der Waals surface area contributed by atoms with E-state index < -0.39 is 18.4 Å². The van der Waals surface area contributed by atoms with Gasteiger partial charge in [-0.05, 0) is 48.7 Å². The first-order valence-corrected chi connectivity index (χ1v) is 7.23. The van der Waals surface area contributed by atoms with Crippen molar-refractivity contribution in [1.82, 2.24) is 9.97 Å². The van der Waals surface area contributed by atoms with Gasteiger partial charge in [0.15, 0.2) is 0 Å². The van der Waals surface area contributed by atoms with E-state index in [0.717, 1.165) is 5.56 Å². The lowest BCUT2D eigenvalue weighted by Gasteiger charge is -2.25. The largest absolute Gasteiger partial charge is 0.389 e. The number of benzene rings is 1. The quantitative estimate of drug-likeness (QED) is 0.559. The van der Waals surface area contributed by atoms with Crippen LogP contribution in [0.2, 0.25) is 5.28 Å². The fraction of sp³-hybridized carbons (Fsp3) is 0.333. The summed E-state index contributed by atoms with van der Waals surface area (Å²) in [7, 11) is 0. The molecule has 0 atom stereocenters. The molecule has 0 radical (unpaired) electrons. The minimum atomic E-state index is -4.26. The van der Waals surface area contributed by atoms with E-state index in [1.54, 1.807) is 19.1 Å². The van der Waals surface area contributed by atoms with Gasteiger partial charge in [-0.3, -0.25) is 0 Å². The molecule has 3 nitrogen and oxygen atoms in total. The summed E-state index contributed by atoms with van der Waals surface area (Å²) >= 11 is 5.73. The number of alkyl halides is 3. The van der Waals surface area contributed by atoms with Gasteiger partial charge in [0.1, 0.15) is 11.6 Å². The van der Waals surface area contributed by atoms with E-state index in [1.165, 1.54) is 23.2 Å². The smallest absolute Gasteiger partial charge is 0.324 e. The van der Waals surface area contributed by atoms with Gasteiger partial charge in [-0.2, -0.15) is 13.2 Å². The van der Waals surface area contributed by atoms with Gasteiger partial charge >= 0.3 is 6.18 Å². The van der Waals surface area contributed by atoms with Gasteiger partial charge in [-0.25, -0.2) is 14.4 Å². The number of aromatic nitrogens is 2. The molecule has 2 aromatic rings. The van der Waals surface area contributed by atoms with Crippen molar-refractivity contribution in [2.45, 2.75) is 25.9 Å². The fourth-order valence-electron chi connectivity index (χ4n) is 2.10. The lowest BCUT2D eigenvalue weighted by atomic mass is 10.2. The van der Waals surface area contributed by atoms with Crippen LogP contribution < -0.4 is 4.90 Å². The molecule has 1 aromatic heterocycles. The van der Waals surface area contributed by atoms with Crippen molar-refractivity contribution in [2.75, 3.05) is 11.4 Å². The van der Waals surface area contributed by atoms with Gasteiger partial charge in [0.25, 0.3) is 0 Å². The highest BCUT2D eigenvalue weighted by Crippen LogP contribution is 2.29. The molecule has 0 fully saturated rings. The van der Waals surface area contributed by atoms with Crippen LogP contribution in [0.25, 0.3) is 0 Å². The van der Waals surface area contributed by atoms with Crippen molar-refractivity contribution in [2.24, 2.45) is 0 Å². The van der Waals surface area contributed by atoms with Crippen LogP contribution in [-0.4, -0.2) is 22.7 Å². The number of aryl methyl sites for hydroxylation is 1. The Kier molecular flexibility index (Phi) is 5.41. The maximum atomic E-state index is 14.1. The summed E-state index contributed by atoms with van der Waals surface area (Å²) in [5.41, 5.74) is 0.935. The van der Waals surface area contributed by atoms with Gasteiger partial charge in [0.05, 0.1) is 5.69 Å². The predicted octanol–water partition coefficient (Wildman–Crippen LogP) is 5.06. The summed E-state index contributed by atoms with van der Waals surface area (Å²) in [6.45, 7) is 1.72. The number of nitrogens with zero attached hydrogens (tertiary/aromatic N) is 3. The summed E-state index contributed by atoms with van der Waals surface area (Å²) in [6.07, 6.45) is -4.05. The van der Waals surface area contributed by atoms with Crippen molar-refractivity contribution >= 4 is 23.1 Å². The molecule has 0 saturated heterocycles. The number of rotatable bonds is 5. The number of halogens is 5. The molecule has 23 heavy (non-hydrogen) atoms. The van der Waals surface area contributed by atoms with Crippen molar-refractivity contribution in [3.8, 4) is 0 Å². The molecule has 0 spiro atoms. The standard InChI is InChI=1S/C15H14ClF4N3/c1-10-3-4-11(17)12(9-10)23(8-2-6-15(18,19)20)13-5-7-21-14(16)22-13/h3-5,7,9H,2,6,8H2,1H3. The lowest BCUT2D eigenvalue weighted by Crippen LogP contribution is -2.23. The Balaban J connectivity index is 2.33. The first-order valence-electron chi connectivity index (χ1n) is 6.85. The van der Waals surface area contributed by atoms with Crippen LogP contribution in [0.4, 0.5) is 29.1 Å². The third kappa shape index (κ3) is 5.06. The normalized spacial score (nSPS) is 11.6. The van der Waals surface area contributed by atoms with Crippen LogP contribution >= 0.6 is 11.6 Å². The Morgan fingerprint density at radius 1 is 1.22 bits per heavy atom. The molecule has 0 amide bonds. The van der Waals surface area contributed by atoms with E-state index in [4.69, 9.17) is 11.6 Å². The summed E-state index contributed by atoms with van der Waals surface area (Å²) in [4.78, 5) is 9.07. The maximum Gasteiger partial charge on any atom is 0.389 e. The zero-order valence-corrected chi connectivity index (χ0v) is 13.0. The molecule has 2 rings (SSSR count). The van der Waals surface area contributed by atoms with E-state index in [9.17, 15) is 17.6 Å². The van der Waals surface area contributed by atoms with Crippen LogP contribution in [-0.2, 0) is 0 Å². The van der Waals surface area contributed by atoms with Crippen molar-refractivity contribution in [1.29, 1.82) is 0 Å². The lowest BCUT2D eigenvalue weighted by molar-refractivity contribution is -0.134. The van der Waals surface area contributed by atoms with Gasteiger partial charge in [0, 0.05) is 19.2 Å². The molecule has 124 valence electrons. The molecule has 0 bridgehead atoms. The van der Waals surface area contributed by atoms with E-state index in [-0.39, 0.29) is 29.8 Å². The zero-order chi connectivity index (χ0) is 17.0. The Morgan fingerprint density at radius 2 is 1.96 bits per heavy atom. The highest BCUT2D eigenvalue weighted by Gasteiger charge is 2.27. The Morgan fingerprint density at radius 3 is 2.61 bits per heavy atom. The summed E-state index contributed by atoms with van der Waals surface area (Å²) in [5, 5.41) is -0.0589. The molecule has 0 N–H and O–H groups in total. The van der Waals surface area contributed by atoms with Crippen LogP contribution in [0.15, 0.2) is 30.5 Å². The van der Waals surface area contributed by atoms with Crippen LogP contribution in [0.1, 0.15) is 18.4 Å². The Labute approximate surface area is 135 Å². The SMILES string of the molecule is Cc1ccc(F)c(N(CCCC(F)(F)F)c2ccnc(Cl)n2)c1. The highest BCUT2D eigenvalue weighted by molar-refractivity contribution is 6.28. The number of anilines is 2. The summed E-state index contributed by atoms with van der Waals surface area (Å²) < 4.78 is 51.3. The second kappa shape index (κ2) is 7.12. The van der Waals surface area contributed by atoms with Crippen LogP contribution in [0.3, 0.4) is 0 Å². The molecule has 0 saturated carbocycles. The average molecular weight is 348 g/mol. The minimum Gasteiger partial charge on any atom is -0.324 e. The van der Waals surface area contributed by atoms with Gasteiger partial charge in [-0.1, -0.05) is 6.07 Å². The first-order chi connectivity index (χ1) is 10.8. The van der Waals surface area contributed by atoms with Crippen molar-refractivity contribution in [3.63, 3.8) is 0 Å². The fourth-order valence-corrected chi connectivity index (χ4v) is 2.24. The molecule has 1 heterocycles. The third-order valence-electron chi connectivity index (χ3n) is 3.12. The maximum absolute atomic E-state index is 14.1. The van der Waals surface area contributed by atoms with Gasteiger partial charge < -0.3 is 4.90 Å². The third-order valence-corrected chi connectivity index (χ3v) is 3.30. The second-order valence-corrected chi connectivity index (χ2v) is 5.35. The van der Waals surface area contributed by atoms with Gasteiger partial charge in [0.2, 0.25) is 5.28 Å². The number of hydrogen-bond donors (Lipinski definition) is 0. The molecule has 0 unspecified atom stereocenters. The Bertz CT molecular complexity index is 676. The summed E-state index contributed by atoms with van der Waals surface area (Å²) in [5.74, 6) is -0.297. The summed E-state index contributed by atoms with van der Waals surface area (Å²) in [6, 6.07) is 5.88. The average Bonchev–Trinajstić information content (AvgIpc) is 2.45. The minimum absolute atomic E-state index is 0.0484. The Hall–Kier alpha value is -1.89. The highest BCUT2D eigenvalue weighted by atomic mass is 35.5. The molecular weight excluding hydrogens is 334 g/mol. The predicted molar refractivity (Wildman–Crippen MR) is 80.5 cm³/mol. The molecule has 8 heteroatoms. The van der Waals surface area contributed by atoms with E-state index >= 15 is 0 Å². The van der Waals surface area contributed by atoms with Crippen molar-refractivity contribution < 1.29 is 17.6 Å². The monoisotopic (exact) mass is 347 g/mol. The molecule has 0 aliphatic carbocycles. The van der Waals surface area contributed by atoms with Crippen LogP contribution in [0.5, 0.6) is 0 Å². The van der Waals surface area contributed by atoms with Crippen molar-refractivity contribution in [3.05, 3.63) is 47.1 Å².